The molecule has 0 saturated carbocycles. The van der Waals surface area contributed by atoms with E-state index in [0.29, 0.717) is 60.3 Å². The van der Waals surface area contributed by atoms with Crippen LogP contribution < -0.4 is 60.7 Å². The van der Waals surface area contributed by atoms with Crippen molar-refractivity contribution in [2.45, 2.75) is 54.8 Å². The topological polar surface area (TPSA) is 141 Å². The average Bonchev–Trinajstić information content (AvgIpc) is 3.12. The van der Waals surface area contributed by atoms with Crippen LogP contribution in [-0.4, -0.2) is 72.0 Å². The Morgan fingerprint density at radius 3 is 1.37 bits per heavy atom. The van der Waals surface area contributed by atoms with Crippen molar-refractivity contribution in [2.24, 2.45) is 5.73 Å². The number of hydrogen-bond donors (Lipinski definition) is 2. The number of halogens is 1. The molecule has 0 aliphatic heterocycles. The standard InChI is InChI=1S/C11H15NO3.C11H13NO2.C10H15NO2.C3H6O2.C2H6I.CH4/c1-8-4-9(14-2)5-11(15-3)10(8)6-12-7-13;1-8-5-9(13-3)6-11(14-4)10(8)7-12-2;1-7-4-8(12-2)5-10(13-3)9(7)6-11;1-2-5-3-4;1-3-2;/h4-5,7H,6H2,1-3H3,(H,12,13);5-6H,7H2,1,3-4H3;4-5H,6,11H2,1-3H3;3H,2H2,1H3;1-2H3;1H4/q;;;;-1;. The zero-order valence-electron chi connectivity index (χ0n) is 31.5. The van der Waals surface area contributed by atoms with Crippen molar-refractivity contribution in [1.29, 1.82) is 0 Å². The van der Waals surface area contributed by atoms with Gasteiger partial charge in [-0.25, -0.2) is 6.57 Å². The van der Waals surface area contributed by atoms with Crippen molar-refractivity contribution >= 4 is 12.9 Å². The van der Waals surface area contributed by atoms with Crippen molar-refractivity contribution in [2.75, 3.05) is 59.1 Å². The molecule has 0 heterocycles. The van der Waals surface area contributed by atoms with E-state index < -0.39 is 0 Å². The fourth-order valence-corrected chi connectivity index (χ4v) is 4.14. The second kappa shape index (κ2) is 31.6. The molecule has 13 heteroatoms. The van der Waals surface area contributed by atoms with E-state index >= 15 is 0 Å². The number of aryl methyl sites for hydroxylation is 3. The van der Waals surface area contributed by atoms with Crippen LogP contribution in [0.2, 0.25) is 0 Å². The van der Waals surface area contributed by atoms with E-state index in [2.05, 4.69) is 24.8 Å². The Balaban J connectivity index is -0.000000608. The molecule has 288 valence electrons. The molecular formula is C38H59IN3O9-. The van der Waals surface area contributed by atoms with Crippen LogP contribution in [0.25, 0.3) is 4.85 Å². The molecule has 0 aliphatic carbocycles. The maximum absolute atomic E-state index is 10.2. The van der Waals surface area contributed by atoms with Crippen LogP contribution in [0, 0.1) is 27.3 Å². The van der Waals surface area contributed by atoms with Gasteiger partial charge in [0.1, 0.15) is 34.5 Å². The van der Waals surface area contributed by atoms with Crippen molar-refractivity contribution in [3.05, 3.63) is 81.2 Å². The Hall–Kier alpha value is -4.42. The molecule has 0 radical (unpaired) electrons. The number of benzene rings is 3. The summed E-state index contributed by atoms with van der Waals surface area (Å²) in [6.07, 6.45) is 0.670. The quantitative estimate of drug-likeness (QED) is 0.114. The molecule has 12 nitrogen and oxygen atoms in total. The Morgan fingerprint density at radius 2 is 1.08 bits per heavy atom. The number of methoxy groups -OCH3 is 6. The van der Waals surface area contributed by atoms with E-state index in [-0.39, 0.29) is 7.43 Å². The van der Waals surface area contributed by atoms with Crippen LogP contribution in [-0.2, 0) is 34.0 Å². The van der Waals surface area contributed by atoms with Gasteiger partial charge in [0.2, 0.25) is 13.0 Å². The zero-order chi connectivity index (χ0) is 38.5. The van der Waals surface area contributed by atoms with Crippen molar-refractivity contribution < 1.29 is 64.0 Å². The Kier molecular flexibility index (Phi) is 31.5. The van der Waals surface area contributed by atoms with Gasteiger partial charge in [-0.1, -0.05) is 7.43 Å². The second-order valence-corrected chi connectivity index (χ2v) is 12.0. The van der Waals surface area contributed by atoms with Crippen LogP contribution in [0.15, 0.2) is 36.4 Å². The maximum Gasteiger partial charge on any atom is 0.243 e. The van der Waals surface area contributed by atoms with Crippen LogP contribution in [0.3, 0.4) is 0 Å². The normalized spacial score (nSPS) is 8.94. The number of ether oxygens (including phenoxy) is 7. The van der Waals surface area contributed by atoms with Crippen LogP contribution in [0.4, 0.5) is 0 Å². The molecule has 3 aromatic carbocycles. The number of nitrogens with two attached hydrogens (primary N) is 1. The van der Waals surface area contributed by atoms with E-state index in [9.17, 15) is 9.59 Å². The number of nitrogens with one attached hydrogen (secondary N) is 1. The Labute approximate surface area is 316 Å². The van der Waals surface area contributed by atoms with E-state index in [1.54, 1.807) is 61.7 Å². The number of amides is 1. The SMILES string of the molecule is C.CCOC=O.COc1cc(C)c(CN)c(OC)c1.COc1cc(C)c(CNC=O)c(OC)c1.C[I-]C.[C-]#[N+]Cc1c(C)cc(OC)cc1OC. The maximum atomic E-state index is 10.2. The minimum absolute atomic E-state index is 0. The van der Waals surface area contributed by atoms with Gasteiger partial charge in [0.05, 0.1) is 54.8 Å². The average molecular weight is 829 g/mol. The first-order valence-electron chi connectivity index (χ1n) is 15.2. The first kappa shape index (κ1) is 51.0. The largest absolute Gasteiger partial charge is 0.497 e. The van der Waals surface area contributed by atoms with E-state index in [0.717, 1.165) is 67.9 Å². The molecule has 51 heavy (non-hydrogen) atoms. The van der Waals surface area contributed by atoms with E-state index in [4.69, 9.17) is 40.7 Å². The molecular weight excluding hydrogens is 769 g/mol. The Morgan fingerprint density at radius 1 is 0.706 bits per heavy atom. The molecule has 0 atom stereocenters. The first-order valence-corrected chi connectivity index (χ1v) is 19.6. The number of nitrogens with zero attached hydrogens (tertiary/aromatic N) is 1. The van der Waals surface area contributed by atoms with Gasteiger partial charge < -0.3 is 49.1 Å². The van der Waals surface area contributed by atoms with E-state index in [1.165, 1.54) is 0 Å². The zero-order valence-corrected chi connectivity index (χ0v) is 33.7. The first-order chi connectivity index (χ1) is 24.0. The van der Waals surface area contributed by atoms with Gasteiger partial charge in [-0.3, -0.25) is 9.59 Å². The molecule has 0 aromatic heterocycles. The summed E-state index contributed by atoms with van der Waals surface area (Å²) < 4.78 is 35.1. The van der Waals surface area contributed by atoms with Gasteiger partial charge >= 0.3 is 31.1 Å². The number of carbonyl (C=O) groups excluding carboxylic acids is 2. The summed E-state index contributed by atoms with van der Waals surface area (Å²) in [6, 6.07) is 11.2. The Bertz CT molecular complexity index is 1450. The predicted molar refractivity (Wildman–Crippen MR) is 200 cm³/mol. The van der Waals surface area contributed by atoms with Gasteiger partial charge in [0, 0.05) is 42.4 Å². The van der Waals surface area contributed by atoms with Gasteiger partial charge in [-0.05, 0) is 62.6 Å². The van der Waals surface area contributed by atoms with Crippen LogP contribution >= 0.6 is 0 Å². The molecule has 3 rings (SSSR count). The van der Waals surface area contributed by atoms with Crippen molar-refractivity contribution in [3.8, 4) is 34.5 Å². The third-order valence-electron chi connectivity index (χ3n) is 6.62. The molecule has 1 amide bonds. The fraction of sp³-hybridized carbons (Fsp3) is 0.447. The minimum Gasteiger partial charge on any atom is -0.497 e. The van der Waals surface area contributed by atoms with E-state index in [1.807, 2.05) is 45.0 Å². The van der Waals surface area contributed by atoms with Gasteiger partial charge in [-0.15, -0.1) is 0 Å². The van der Waals surface area contributed by atoms with Crippen LogP contribution in [0.5, 0.6) is 34.5 Å². The molecule has 3 aromatic rings. The third kappa shape index (κ3) is 19.5. The van der Waals surface area contributed by atoms with Crippen molar-refractivity contribution in [1.82, 2.24) is 5.32 Å². The molecule has 0 spiro atoms. The van der Waals surface area contributed by atoms with Crippen molar-refractivity contribution in [3.63, 3.8) is 0 Å². The van der Waals surface area contributed by atoms with Crippen LogP contribution in [0.1, 0.15) is 47.7 Å². The molecule has 3 N–H and O–H groups in total. The minimum atomic E-state index is 0. The molecule has 0 saturated heterocycles. The number of alkyl halides is 2. The molecule has 0 aliphatic rings. The summed E-state index contributed by atoms with van der Waals surface area (Å²) in [5.41, 5.74) is 11.7. The smallest absolute Gasteiger partial charge is 0.243 e. The summed E-state index contributed by atoms with van der Waals surface area (Å²) in [7, 11) is 9.68. The number of rotatable bonds is 13. The summed E-state index contributed by atoms with van der Waals surface area (Å²) in [6.45, 7) is 16.7. The van der Waals surface area contributed by atoms with Gasteiger partial charge in [-0.2, -0.15) is 0 Å². The summed E-state index contributed by atoms with van der Waals surface area (Å²) in [5.74, 6) is 4.54. The molecule has 0 fully saturated rings. The summed E-state index contributed by atoms with van der Waals surface area (Å²) in [5, 5.41) is 2.62. The second-order valence-electron chi connectivity index (χ2n) is 9.82. The monoisotopic (exact) mass is 828 g/mol. The summed E-state index contributed by atoms with van der Waals surface area (Å²) in [4.78, 5) is 27.2. The summed E-state index contributed by atoms with van der Waals surface area (Å²) >= 11 is 0.590. The fourth-order valence-electron chi connectivity index (χ4n) is 4.14. The van der Waals surface area contributed by atoms with Gasteiger partial charge in [0.25, 0.3) is 6.47 Å². The predicted octanol–water partition coefficient (Wildman–Crippen LogP) is 3.31. The number of carbonyl (C=O) groups is 2. The van der Waals surface area contributed by atoms with Gasteiger partial charge in [0.15, 0.2) is 0 Å². The molecule has 0 bridgehead atoms. The third-order valence-corrected chi connectivity index (χ3v) is 6.62. The number of hydrogen-bond acceptors (Lipinski definition) is 10. The molecule has 0 unspecified atom stereocenters.